The number of aryl methyl sites for hydroxylation is 1. The lowest BCUT2D eigenvalue weighted by molar-refractivity contribution is 0.0911. The largest absolute Gasteiger partial charge is 0.349 e. The second-order valence-corrected chi connectivity index (χ2v) is 8.33. The van der Waals surface area contributed by atoms with Crippen molar-refractivity contribution in [2.75, 3.05) is 0 Å². The molecule has 150 valence electrons. The van der Waals surface area contributed by atoms with E-state index in [1.807, 2.05) is 43.3 Å². The normalized spacial score (nSPS) is 19.2. The van der Waals surface area contributed by atoms with Gasteiger partial charge >= 0.3 is 0 Å². The molecule has 1 aliphatic carbocycles. The highest BCUT2D eigenvalue weighted by atomic mass is 16.2. The number of hydrogen-bond acceptors (Lipinski definition) is 2. The molecule has 2 atom stereocenters. The molecule has 0 unspecified atom stereocenters. The summed E-state index contributed by atoms with van der Waals surface area (Å²) in [6.07, 6.45) is 4.53. The summed E-state index contributed by atoms with van der Waals surface area (Å²) in [5.74, 6) is 0.334. The van der Waals surface area contributed by atoms with E-state index in [-0.39, 0.29) is 17.5 Å². The minimum atomic E-state index is -0.147. The van der Waals surface area contributed by atoms with Crippen LogP contribution in [-0.2, 0) is 6.54 Å². The summed E-state index contributed by atoms with van der Waals surface area (Å²) in [4.78, 5) is 26.0. The third kappa shape index (κ3) is 4.12. The average Bonchev–Trinajstić information content (AvgIpc) is 2.73. The van der Waals surface area contributed by atoms with Crippen molar-refractivity contribution in [3.8, 4) is 0 Å². The number of benzene rings is 2. The monoisotopic (exact) mass is 388 g/mol. The smallest absolute Gasteiger partial charge is 0.252 e. The van der Waals surface area contributed by atoms with Crippen LogP contribution in [0.5, 0.6) is 0 Å². The number of carbonyl (C=O) groups excluding carboxylic acids is 1. The molecular formula is C25H28N2O2. The van der Waals surface area contributed by atoms with E-state index in [0.717, 1.165) is 35.7 Å². The lowest BCUT2D eigenvalue weighted by Gasteiger charge is -2.29. The van der Waals surface area contributed by atoms with Gasteiger partial charge in [-0.3, -0.25) is 9.59 Å². The minimum absolute atomic E-state index is 0.139. The standard InChI is InChI=1S/C25H28N2O2/c1-17-11-13-19(14-12-17)16-27-23-10-6-4-8-20(23)21(15-24(27)28)25(29)26-22-9-5-3-7-18(22)2/h4,6,8,10-15,18,22H,3,5,7,9,16H2,1-2H3,(H,26,29)/t18-,22+/m1/s1. The van der Waals surface area contributed by atoms with Crippen LogP contribution >= 0.6 is 0 Å². The number of carbonyl (C=O) groups is 1. The first-order chi connectivity index (χ1) is 14.0. The molecule has 1 aromatic heterocycles. The van der Waals surface area contributed by atoms with Crippen LogP contribution in [0.2, 0.25) is 0 Å². The first-order valence-electron chi connectivity index (χ1n) is 10.5. The Kier molecular flexibility index (Phi) is 5.52. The second-order valence-electron chi connectivity index (χ2n) is 8.33. The first kappa shape index (κ1) is 19.4. The van der Waals surface area contributed by atoms with Gasteiger partial charge in [0.05, 0.1) is 17.6 Å². The minimum Gasteiger partial charge on any atom is -0.349 e. The van der Waals surface area contributed by atoms with Crippen molar-refractivity contribution in [1.82, 2.24) is 9.88 Å². The molecule has 1 saturated carbocycles. The zero-order chi connectivity index (χ0) is 20.4. The number of aromatic nitrogens is 1. The van der Waals surface area contributed by atoms with Crippen molar-refractivity contribution in [2.24, 2.45) is 5.92 Å². The maximum absolute atomic E-state index is 13.1. The van der Waals surface area contributed by atoms with Crippen LogP contribution in [-0.4, -0.2) is 16.5 Å². The van der Waals surface area contributed by atoms with Crippen LogP contribution in [0.4, 0.5) is 0 Å². The first-order valence-corrected chi connectivity index (χ1v) is 10.5. The number of nitrogens with zero attached hydrogens (tertiary/aromatic N) is 1. The summed E-state index contributed by atoms with van der Waals surface area (Å²) >= 11 is 0. The van der Waals surface area contributed by atoms with Gasteiger partial charge < -0.3 is 9.88 Å². The van der Waals surface area contributed by atoms with Gasteiger partial charge in [0.25, 0.3) is 11.5 Å². The number of rotatable bonds is 4. The van der Waals surface area contributed by atoms with Crippen LogP contribution in [0.3, 0.4) is 0 Å². The fourth-order valence-corrected chi connectivity index (χ4v) is 4.34. The fraction of sp³-hybridized carbons (Fsp3) is 0.360. The topological polar surface area (TPSA) is 51.1 Å². The summed E-state index contributed by atoms with van der Waals surface area (Å²) in [5, 5.41) is 4.01. The zero-order valence-corrected chi connectivity index (χ0v) is 17.2. The van der Waals surface area contributed by atoms with Gasteiger partial charge in [-0.15, -0.1) is 0 Å². The molecule has 1 fully saturated rings. The maximum Gasteiger partial charge on any atom is 0.252 e. The van der Waals surface area contributed by atoms with Gasteiger partial charge in [-0.25, -0.2) is 0 Å². The molecule has 0 aliphatic heterocycles. The highest BCUT2D eigenvalue weighted by Gasteiger charge is 2.24. The van der Waals surface area contributed by atoms with Gasteiger partial charge in [-0.05, 0) is 37.3 Å². The highest BCUT2D eigenvalue weighted by Crippen LogP contribution is 2.25. The van der Waals surface area contributed by atoms with E-state index in [0.29, 0.717) is 18.0 Å². The molecule has 0 radical (unpaired) electrons. The van der Waals surface area contributed by atoms with Gasteiger partial charge in [-0.1, -0.05) is 67.8 Å². The van der Waals surface area contributed by atoms with Gasteiger partial charge in [0.2, 0.25) is 0 Å². The Morgan fingerprint density at radius 3 is 2.55 bits per heavy atom. The summed E-state index contributed by atoms with van der Waals surface area (Å²) in [7, 11) is 0. The molecule has 1 aliphatic rings. The van der Waals surface area contributed by atoms with Gasteiger partial charge in [0.1, 0.15) is 0 Å². The van der Waals surface area contributed by atoms with Gasteiger partial charge in [0.15, 0.2) is 0 Å². The molecule has 4 heteroatoms. The Morgan fingerprint density at radius 2 is 1.79 bits per heavy atom. The molecule has 0 bridgehead atoms. The Morgan fingerprint density at radius 1 is 1.07 bits per heavy atom. The van der Waals surface area contributed by atoms with E-state index in [4.69, 9.17) is 0 Å². The summed E-state index contributed by atoms with van der Waals surface area (Å²) in [5.41, 5.74) is 3.38. The van der Waals surface area contributed by atoms with E-state index in [9.17, 15) is 9.59 Å². The number of pyridine rings is 1. The van der Waals surface area contributed by atoms with E-state index in [2.05, 4.69) is 24.4 Å². The zero-order valence-electron chi connectivity index (χ0n) is 17.2. The Hall–Kier alpha value is -2.88. The van der Waals surface area contributed by atoms with E-state index in [1.165, 1.54) is 18.1 Å². The fourth-order valence-electron chi connectivity index (χ4n) is 4.34. The molecule has 4 rings (SSSR count). The van der Waals surface area contributed by atoms with Gasteiger partial charge in [-0.2, -0.15) is 0 Å². The van der Waals surface area contributed by atoms with Crippen LogP contribution in [0.15, 0.2) is 59.4 Å². The molecule has 1 heterocycles. The van der Waals surface area contributed by atoms with Crippen molar-refractivity contribution in [3.63, 3.8) is 0 Å². The number of nitrogens with one attached hydrogen (secondary N) is 1. The lowest BCUT2D eigenvalue weighted by Crippen LogP contribution is -2.41. The summed E-state index contributed by atoms with van der Waals surface area (Å²) in [6.45, 7) is 4.73. The number of para-hydroxylation sites is 1. The molecule has 29 heavy (non-hydrogen) atoms. The van der Waals surface area contributed by atoms with Crippen LogP contribution in [0, 0.1) is 12.8 Å². The Bertz CT molecular complexity index is 1080. The van der Waals surface area contributed by atoms with Gasteiger partial charge in [0, 0.05) is 17.5 Å². The van der Waals surface area contributed by atoms with Crippen LogP contribution in [0.1, 0.15) is 54.1 Å². The highest BCUT2D eigenvalue weighted by molar-refractivity contribution is 6.06. The Balaban J connectivity index is 1.70. The van der Waals surface area contributed by atoms with Crippen molar-refractivity contribution in [2.45, 2.75) is 52.1 Å². The second kappa shape index (κ2) is 8.24. The van der Waals surface area contributed by atoms with E-state index >= 15 is 0 Å². The number of fused-ring (bicyclic) bond motifs is 1. The van der Waals surface area contributed by atoms with Crippen molar-refractivity contribution in [3.05, 3.63) is 81.6 Å². The third-order valence-electron chi connectivity index (χ3n) is 6.15. The molecule has 2 aromatic carbocycles. The molecule has 1 N–H and O–H groups in total. The molecular weight excluding hydrogens is 360 g/mol. The predicted molar refractivity (Wildman–Crippen MR) is 117 cm³/mol. The average molecular weight is 389 g/mol. The molecule has 4 nitrogen and oxygen atoms in total. The summed E-state index contributed by atoms with van der Waals surface area (Å²) < 4.78 is 1.75. The van der Waals surface area contributed by atoms with Crippen molar-refractivity contribution in [1.29, 1.82) is 0 Å². The van der Waals surface area contributed by atoms with Crippen molar-refractivity contribution >= 4 is 16.8 Å². The lowest BCUT2D eigenvalue weighted by atomic mass is 9.86. The number of amides is 1. The van der Waals surface area contributed by atoms with Crippen LogP contribution in [0.25, 0.3) is 10.9 Å². The van der Waals surface area contributed by atoms with E-state index in [1.54, 1.807) is 4.57 Å². The Labute approximate surface area is 171 Å². The molecule has 3 aromatic rings. The molecule has 0 saturated heterocycles. The maximum atomic E-state index is 13.1. The third-order valence-corrected chi connectivity index (χ3v) is 6.15. The number of hydrogen-bond donors (Lipinski definition) is 1. The quantitative estimate of drug-likeness (QED) is 0.706. The summed E-state index contributed by atoms with van der Waals surface area (Å²) in [6, 6.07) is 17.6. The van der Waals surface area contributed by atoms with Crippen LogP contribution < -0.4 is 10.9 Å². The van der Waals surface area contributed by atoms with E-state index < -0.39 is 0 Å². The van der Waals surface area contributed by atoms with Crippen molar-refractivity contribution < 1.29 is 4.79 Å². The predicted octanol–water partition coefficient (Wildman–Crippen LogP) is 4.67. The molecule has 0 spiro atoms. The SMILES string of the molecule is Cc1ccc(Cn2c(=O)cc(C(=O)N[C@H]3CCCC[C@H]3C)c3ccccc32)cc1. The molecule has 1 amide bonds.